The van der Waals surface area contributed by atoms with Gasteiger partial charge in [0.15, 0.2) is 12.4 Å². The van der Waals surface area contributed by atoms with E-state index < -0.39 is 0 Å². The third-order valence-corrected chi connectivity index (χ3v) is 3.24. The van der Waals surface area contributed by atoms with Crippen molar-refractivity contribution >= 4 is 5.91 Å². The highest BCUT2D eigenvalue weighted by atomic mass is 16.5. The van der Waals surface area contributed by atoms with Crippen LogP contribution in [0.1, 0.15) is 11.3 Å². The smallest absolute Gasteiger partial charge is 0.258 e. The first-order chi connectivity index (χ1) is 11.2. The molecule has 0 aliphatic heterocycles. The molecule has 0 radical (unpaired) electrons. The summed E-state index contributed by atoms with van der Waals surface area (Å²) >= 11 is 0. The normalized spacial score (nSPS) is 10.5. The zero-order valence-electron chi connectivity index (χ0n) is 12.6. The maximum atomic E-state index is 11.8. The average molecular weight is 312 g/mol. The molecule has 0 unspecified atom stereocenters. The molecule has 1 N–H and O–H groups in total. The first-order valence-electron chi connectivity index (χ1n) is 7.17. The van der Waals surface area contributed by atoms with E-state index in [0.717, 1.165) is 5.56 Å². The molecule has 3 rings (SSSR count). The second-order valence-corrected chi connectivity index (χ2v) is 4.99. The van der Waals surface area contributed by atoms with Crippen LogP contribution in [0.5, 0.6) is 5.75 Å². The molecule has 0 atom stereocenters. The quantitative estimate of drug-likeness (QED) is 0.757. The molecule has 0 fully saturated rings. The van der Waals surface area contributed by atoms with Gasteiger partial charge in [0.1, 0.15) is 11.4 Å². The van der Waals surface area contributed by atoms with E-state index >= 15 is 0 Å². The average Bonchev–Trinajstić information content (AvgIpc) is 3.23. The van der Waals surface area contributed by atoms with E-state index in [1.54, 1.807) is 24.5 Å². The van der Waals surface area contributed by atoms with E-state index in [2.05, 4.69) is 10.5 Å². The fourth-order valence-corrected chi connectivity index (χ4v) is 2.03. The van der Waals surface area contributed by atoms with Crippen molar-refractivity contribution in [3.05, 3.63) is 60.0 Å². The number of benzene rings is 1. The van der Waals surface area contributed by atoms with Gasteiger partial charge >= 0.3 is 0 Å². The molecule has 1 amide bonds. The third-order valence-electron chi connectivity index (χ3n) is 3.24. The molecule has 2 heterocycles. The maximum Gasteiger partial charge on any atom is 0.258 e. The number of nitrogens with one attached hydrogen (secondary N) is 1. The first-order valence-corrected chi connectivity index (χ1v) is 7.17. The summed E-state index contributed by atoms with van der Waals surface area (Å²) in [6, 6.07) is 12.8. The number of hydrogen-bond acceptors (Lipinski definition) is 5. The van der Waals surface area contributed by atoms with Crippen LogP contribution in [0.15, 0.2) is 57.7 Å². The Morgan fingerprint density at radius 1 is 1.22 bits per heavy atom. The van der Waals surface area contributed by atoms with E-state index in [1.807, 2.05) is 31.2 Å². The molecule has 0 aliphatic carbocycles. The van der Waals surface area contributed by atoms with Crippen molar-refractivity contribution in [3.8, 4) is 17.3 Å². The number of para-hydroxylation sites is 1. The lowest BCUT2D eigenvalue weighted by Crippen LogP contribution is -2.28. The van der Waals surface area contributed by atoms with Crippen molar-refractivity contribution in [1.82, 2.24) is 10.5 Å². The summed E-state index contributed by atoms with van der Waals surface area (Å²) in [5.41, 5.74) is 1.60. The largest absolute Gasteiger partial charge is 0.484 e. The number of ether oxygens (including phenoxy) is 1. The number of rotatable bonds is 6. The Hall–Kier alpha value is -3.02. The van der Waals surface area contributed by atoms with Gasteiger partial charge in [-0.1, -0.05) is 23.4 Å². The van der Waals surface area contributed by atoms with Crippen LogP contribution < -0.4 is 10.1 Å². The highest BCUT2D eigenvalue weighted by Crippen LogP contribution is 2.20. The molecule has 118 valence electrons. The van der Waals surface area contributed by atoms with E-state index in [1.165, 1.54) is 0 Å². The molecule has 2 aromatic heterocycles. The van der Waals surface area contributed by atoms with Crippen LogP contribution in [0.4, 0.5) is 0 Å². The Morgan fingerprint density at radius 2 is 2.09 bits per heavy atom. The van der Waals surface area contributed by atoms with Crippen LogP contribution in [-0.4, -0.2) is 17.7 Å². The van der Waals surface area contributed by atoms with Gasteiger partial charge in [0.25, 0.3) is 5.91 Å². The molecule has 0 bridgehead atoms. The van der Waals surface area contributed by atoms with Crippen molar-refractivity contribution in [3.63, 3.8) is 0 Å². The minimum atomic E-state index is -0.226. The van der Waals surface area contributed by atoms with Crippen LogP contribution in [0.2, 0.25) is 0 Å². The summed E-state index contributed by atoms with van der Waals surface area (Å²) in [6.07, 6.45) is 1.56. The van der Waals surface area contributed by atoms with Crippen molar-refractivity contribution in [2.75, 3.05) is 6.61 Å². The van der Waals surface area contributed by atoms with E-state index in [4.69, 9.17) is 13.7 Å². The fourth-order valence-electron chi connectivity index (χ4n) is 2.03. The molecular weight excluding hydrogens is 296 g/mol. The summed E-state index contributed by atoms with van der Waals surface area (Å²) in [5, 5.41) is 6.62. The summed E-state index contributed by atoms with van der Waals surface area (Å²) in [7, 11) is 0. The van der Waals surface area contributed by atoms with Crippen LogP contribution in [0.25, 0.3) is 11.5 Å². The number of carbonyl (C=O) groups is 1. The van der Waals surface area contributed by atoms with Crippen LogP contribution in [-0.2, 0) is 11.3 Å². The molecule has 6 nitrogen and oxygen atoms in total. The lowest BCUT2D eigenvalue weighted by atomic mass is 10.2. The lowest BCUT2D eigenvalue weighted by molar-refractivity contribution is -0.123. The van der Waals surface area contributed by atoms with Crippen LogP contribution in [0.3, 0.4) is 0 Å². The Balaban J connectivity index is 1.49. The number of hydrogen-bond donors (Lipinski definition) is 1. The number of furan rings is 1. The Labute approximate surface area is 133 Å². The van der Waals surface area contributed by atoms with Crippen LogP contribution in [0, 0.1) is 6.92 Å². The number of aryl methyl sites for hydroxylation is 1. The Kier molecular flexibility index (Phi) is 4.42. The second-order valence-electron chi connectivity index (χ2n) is 4.99. The highest BCUT2D eigenvalue weighted by molar-refractivity contribution is 5.77. The minimum Gasteiger partial charge on any atom is -0.484 e. The van der Waals surface area contributed by atoms with Gasteiger partial charge < -0.3 is 19.0 Å². The molecule has 23 heavy (non-hydrogen) atoms. The molecule has 0 aliphatic rings. The molecule has 6 heteroatoms. The summed E-state index contributed by atoms with van der Waals surface area (Å²) in [5.74, 6) is 1.59. The van der Waals surface area contributed by atoms with E-state index in [0.29, 0.717) is 23.0 Å². The Bertz CT molecular complexity index is 778. The number of amides is 1. The number of nitrogens with zero attached hydrogens (tertiary/aromatic N) is 1. The number of carbonyl (C=O) groups excluding carboxylic acids is 1. The molecule has 1 aromatic carbocycles. The van der Waals surface area contributed by atoms with Crippen LogP contribution >= 0.6 is 0 Å². The minimum absolute atomic E-state index is 0.0479. The number of aromatic nitrogens is 1. The van der Waals surface area contributed by atoms with Gasteiger partial charge in [-0.25, -0.2) is 0 Å². The van der Waals surface area contributed by atoms with Gasteiger partial charge in [-0.2, -0.15) is 0 Å². The highest BCUT2D eigenvalue weighted by Gasteiger charge is 2.10. The molecule has 0 spiro atoms. The molecule has 0 saturated carbocycles. The topological polar surface area (TPSA) is 77.5 Å². The molecule has 3 aromatic rings. The van der Waals surface area contributed by atoms with Crippen molar-refractivity contribution in [1.29, 1.82) is 0 Å². The van der Waals surface area contributed by atoms with Gasteiger partial charge in [0.05, 0.1) is 12.8 Å². The lowest BCUT2D eigenvalue weighted by Gasteiger charge is -2.08. The second kappa shape index (κ2) is 6.83. The zero-order valence-corrected chi connectivity index (χ0v) is 12.6. The molecule has 0 saturated heterocycles. The van der Waals surface area contributed by atoms with Gasteiger partial charge in [0, 0.05) is 6.07 Å². The summed E-state index contributed by atoms with van der Waals surface area (Å²) < 4.78 is 15.9. The maximum absolute atomic E-state index is 11.8. The SMILES string of the molecule is Cc1ccccc1OCC(=O)NCc1cc(-c2ccco2)on1. The monoisotopic (exact) mass is 312 g/mol. The van der Waals surface area contributed by atoms with E-state index in [-0.39, 0.29) is 19.1 Å². The van der Waals surface area contributed by atoms with E-state index in [9.17, 15) is 4.79 Å². The van der Waals surface area contributed by atoms with Crippen molar-refractivity contribution in [2.24, 2.45) is 0 Å². The standard InChI is InChI=1S/C17H16N2O4/c1-12-5-2-3-6-14(12)22-11-17(20)18-10-13-9-16(23-19-13)15-7-4-8-21-15/h2-9H,10-11H2,1H3,(H,18,20). The van der Waals surface area contributed by atoms with Gasteiger partial charge in [0.2, 0.25) is 5.76 Å². The van der Waals surface area contributed by atoms with Crippen molar-refractivity contribution < 1.29 is 18.5 Å². The predicted molar refractivity (Wildman–Crippen MR) is 82.7 cm³/mol. The molecular formula is C17H16N2O4. The Morgan fingerprint density at radius 3 is 2.87 bits per heavy atom. The summed E-state index contributed by atoms with van der Waals surface area (Å²) in [4.78, 5) is 11.8. The van der Waals surface area contributed by atoms with Crippen molar-refractivity contribution in [2.45, 2.75) is 13.5 Å². The van der Waals surface area contributed by atoms with Gasteiger partial charge in [-0.15, -0.1) is 0 Å². The summed E-state index contributed by atoms with van der Waals surface area (Å²) in [6.45, 7) is 2.15. The zero-order chi connectivity index (χ0) is 16.1. The fraction of sp³-hybridized carbons (Fsp3) is 0.176. The first kappa shape index (κ1) is 14.9. The van der Waals surface area contributed by atoms with Gasteiger partial charge in [-0.3, -0.25) is 4.79 Å². The third kappa shape index (κ3) is 3.79. The predicted octanol–water partition coefficient (Wildman–Crippen LogP) is 2.94. The van der Waals surface area contributed by atoms with Gasteiger partial charge in [-0.05, 0) is 30.7 Å².